The molecule has 1 fully saturated rings. The van der Waals surface area contributed by atoms with Crippen molar-refractivity contribution in [2.75, 3.05) is 18.5 Å². The van der Waals surface area contributed by atoms with E-state index in [1.54, 1.807) is 12.1 Å². The van der Waals surface area contributed by atoms with Gasteiger partial charge in [-0.3, -0.25) is 14.9 Å². The van der Waals surface area contributed by atoms with Gasteiger partial charge in [-0.05, 0) is 55.0 Å². The van der Waals surface area contributed by atoms with E-state index in [0.29, 0.717) is 17.1 Å². The Hall–Kier alpha value is -2.90. The zero-order chi connectivity index (χ0) is 22.2. The lowest BCUT2D eigenvalue weighted by Crippen LogP contribution is -2.32. The third-order valence-electron chi connectivity index (χ3n) is 6.66. The molecule has 0 spiro atoms. The van der Waals surface area contributed by atoms with Crippen LogP contribution < -0.4 is 10.6 Å². The second-order valence-corrected chi connectivity index (χ2v) is 8.99. The molecule has 32 heavy (non-hydrogen) atoms. The number of carbonyl (C=O) groups excluding carboxylic acids is 1. The molecule has 166 valence electrons. The van der Waals surface area contributed by atoms with Crippen molar-refractivity contribution in [3.63, 3.8) is 0 Å². The van der Waals surface area contributed by atoms with Crippen LogP contribution in [0.2, 0.25) is 5.02 Å². The molecule has 2 aromatic carbocycles. The molecule has 0 bridgehead atoms. The number of benzene rings is 2. The first kappa shape index (κ1) is 21.0. The van der Waals surface area contributed by atoms with Crippen molar-refractivity contribution in [2.24, 2.45) is 5.92 Å². The molecule has 0 aromatic heterocycles. The zero-order valence-corrected chi connectivity index (χ0v) is 18.2. The van der Waals surface area contributed by atoms with Crippen molar-refractivity contribution < 1.29 is 14.5 Å². The van der Waals surface area contributed by atoms with Gasteiger partial charge in [0.15, 0.2) is 0 Å². The molecule has 1 aliphatic carbocycles. The van der Waals surface area contributed by atoms with E-state index >= 15 is 0 Å². The first-order valence-electron chi connectivity index (χ1n) is 10.9. The van der Waals surface area contributed by atoms with Crippen LogP contribution in [0.5, 0.6) is 0 Å². The predicted molar refractivity (Wildman–Crippen MR) is 122 cm³/mol. The molecular formula is C24H24ClN3O4. The van der Waals surface area contributed by atoms with E-state index in [-0.39, 0.29) is 35.6 Å². The number of ether oxygens (including phenoxy) is 1. The molecule has 2 heterocycles. The van der Waals surface area contributed by atoms with Crippen molar-refractivity contribution in [1.82, 2.24) is 5.32 Å². The van der Waals surface area contributed by atoms with E-state index in [1.165, 1.54) is 6.07 Å². The van der Waals surface area contributed by atoms with E-state index in [0.717, 1.165) is 42.7 Å². The first-order valence-corrected chi connectivity index (χ1v) is 11.3. The van der Waals surface area contributed by atoms with Gasteiger partial charge in [0.25, 0.3) is 11.6 Å². The van der Waals surface area contributed by atoms with Crippen LogP contribution in [-0.4, -0.2) is 30.1 Å². The number of anilines is 1. The second-order valence-electron chi connectivity index (χ2n) is 8.59. The number of carbonyl (C=O) groups is 1. The van der Waals surface area contributed by atoms with Gasteiger partial charge in [-0.1, -0.05) is 23.8 Å². The SMILES string of the molecule is O=C(NCC1CCCO1)c1ccc2c(c1)C1C=CCC1C(c1cc([N+](=O)[O-])ccc1Cl)N2. The van der Waals surface area contributed by atoms with E-state index in [2.05, 4.69) is 22.8 Å². The van der Waals surface area contributed by atoms with Crippen LogP contribution in [0.4, 0.5) is 11.4 Å². The molecule has 1 saturated heterocycles. The zero-order valence-electron chi connectivity index (χ0n) is 17.4. The minimum absolute atomic E-state index is 0.0257. The van der Waals surface area contributed by atoms with Crippen molar-refractivity contribution in [3.05, 3.63) is 80.4 Å². The van der Waals surface area contributed by atoms with E-state index in [9.17, 15) is 14.9 Å². The lowest BCUT2D eigenvalue weighted by atomic mass is 9.76. The fourth-order valence-electron chi connectivity index (χ4n) is 5.04. The van der Waals surface area contributed by atoms with Gasteiger partial charge < -0.3 is 15.4 Å². The molecule has 4 atom stereocenters. The Labute approximate surface area is 190 Å². The van der Waals surface area contributed by atoms with Gasteiger partial charge in [-0.2, -0.15) is 0 Å². The number of allylic oxidation sites excluding steroid dienone is 2. The molecule has 5 rings (SSSR count). The van der Waals surface area contributed by atoms with E-state index in [1.807, 2.05) is 18.2 Å². The quantitative estimate of drug-likeness (QED) is 0.378. The van der Waals surface area contributed by atoms with Gasteiger partial charge in [0.05, 0.1) is 17.1 Å². The second kappa shape index (κ2) is 8.56. The van der Waals surface area contributed by atoms with Crippen LogP contribution in [-0.2, 0) is 4.74 Å². The van der Waals surface area contributed by atoms with Crippen LogP contribution in [0.3, 0.4) is 0 Å². The number of nitro groups is 1. The highest BCUT2D eigenvalue weighted by Gasteiger charge is 2.39. The van der Waals surface area contributed by atoms with Crippen LogP contribution in [0.15, 0.2) is 48.6 Å². The number of rotatable bonds is 5. The van der Waals surface area contributed by atoms with E-state index < -0.39 is 4.92 Å². The highest BCUT2D eigenvalue weighted by Crippen LogP contribution is 2.51. The maximum absolute atomic E-state index is 12.7. The summed E-state index contributed by atoms with van der Waals surface area (Å²) in [5.41, 5.74) is 3.35. The number of nitrogens with one attached hydrogen (secondary N) is 2. The third kappa shape index (κ3) is 3.87. The summed E-state index contributed by atoms with van der Waals surface area (Å²) in [4.78, 5) is 23.6. The average Bonchev–Trinajstić information content (AvgIpc) is 3.49. The van der Waals surface area contributed by atoms with Gasteiger partial charge >= 0.3 is 0 Å². The first-order chi connectivity index (χ1) is 15.5. The molecule has 3 aliphatic rings. The molecule has 2 N–H and O–H groups in total. The molecule has 2 aromatic rings. The topological polar surface area (TPSA) is 93.5 Å². The van der Waals surface area contributed by atoms with Crippen molar-refractivity contribution >= 4 is 28.9 Å². The standard InChI is InChI=1S/C24H24ClN3O4/c25-21-8-7-15(28(30)31)12-20(21)23-18-5-1-4-17(18)19-11-14(6-9-22(19)27-23)24(29)26-13-16-3-2-10-32-16/h1,4,6-9,11-12,16-18,23,27H,2-3,5,10,13H2,(H,26,29). The Kier molecular flexibility index (Phi) is 5.61. The smallest absolute Gasteiger partial charge is 0.269 e. The van der Waals surface area contributed by atoms with Crippen LogP contribution in [0, 0.1) is 16.0 Å². The summed E-state index contributed by atoms with van der Waals surface area (Å²) >= 11 is 6.46. The molecule has 0 radical (unpaired) electrons. The molecule has 2 aliphatic heterocycles. The molecule has 1 amide bonds. The maximum atomic E-state index is 12.7. The third-order valence-corrected chi connectivity index (χ3v) is 7.01. The Morgan fingerprint density at radius 3 is 2.91 bits per heavy atom. The minimum Gasteiger partial charge on any atom is -0.378 e. The molecule has 7 nitrogen and oxygen atoms in total. The number of hydrogen-bond acceptors (Lipinski definition) is 5. The van der Waals surface area contributed by atoms with Gasteiger partial charge in [-0.25, -0.2) is 0 Å². The Morgan fingerprint density at radius 1 is 1.25 bits per heavy atom. The van der Waals surface area contributed by atoms with Crippen molar-refractivity contribution in [1.29, 1.82) is 0 Å². The van der Waals surface area contributed by atoms with Gasteiger partial charge in [0, 0.05) is 53.0 Å². The van der Waals surface area contributed by atoms with Gasteiger partial charge in [0.1, 0.15) is 0 Å². The van der Waals surface area contributed by atoms with E-state index in [4.69, 9.17) is 16.3 Å². The largest absolute Gasteiger partial charge is 0.378 e. The van der Waals surface area contributed by atoms with Gasteiger partial charge in [0.2, 0.25) is 0 Å². The predicted octanol–water partition coefficient (Wildman–Crippen LogP) is 4.98. The number of non-ortho nitro benzene ring substituents is 1. The fourth-order valence-corrected chi connectivity index (χ4v) is 5.28. The number of nitro benzene ring substituents is 1. The van der Waals surface area contributed by atoms with Gasteiger partial charge in [-0.15, -0.1) is 0 Å². The van der Waals surface area contributed by atoms with Crippen LogP contribution >= 0.6 is 11.6 Å². The highest BCUT2D eigenvalue weighted by atomic mass is 35.5. The lowest BCUT2D eigenvalue weighted by Gasteiger charge is -2.38. The summed E-state index contributed by atoms with van der Waals surface area (Å²) in [5, 5.41) is 18.3. The number of amides is 1. The van der Waals surface area contributed by atoms with Crippen LogP contribution in [0.25, 0.3) is 0 Å². The Balaban J connectivity index is 1.41. The summed E-state index contributed by atoms with van der Waals surface area (Å²) < 4.78 is 5.59. The summed E-state index contributed by atoms with van der Waals surface area (Å²) in [7, 11) is 0. The average molecular weight is 454 g/mol. The normalized spacial score (nSPS) is 25.7. The number of hydrogen-bond donors (Lipinski definition) is 2. The van der Waals surface area contributed by atoms with Crippen molar-refractivity contribution in [2.45, 2.75) is 37.3 Å². The van der Waals surface area contributed by atoms with Crippen LogP contribution in [0.1, 0.15) is 52.7 Å². The van der Waals surface area contributed by atoms with Crippen molar-refractivity contribution in [3.8, 4) is 0 Å². The number of fused-ring (bicyclic) bond motifs is 3. The Bertz CT molecular complexity index is 1100. The molecular weight excluding hydrogens is 430 g/mol. The number of nitrogens with zero attached hydrogens (tertiary/aromatic N) is 1. The summed E-state index contributed by atoms with van der Waals surface area (Å²) in [5.74, 6) is 0.162. The fraction of sp³-hybridized carbons (Fsp3) is 0.375. The molecule has 0 saturated carbocycles. The minimum atomic E-state index is -0.400. The summed E-state index contributed by atoms with van der Waals surface area (Å²) in [6.45, 7) is 1.28. The lowest BCUT2D eigenvalue weighted by molar-refractivity contribution is -0.384. The molecule has 8 heteroatoms. The molecule has 4 unspecified atom stereocenters. The monoisotopic (exact) mass is 453 g/mol. The highest BCUT2D eigenvalue weighted by molar-refractivity contribution is 6.31. The number of halogens is 1. The summed E-state index contributed by atoms with van der Waals surface area (Å²) in [6, 6.07) is 10.1. The Morgan fingerprint density at radius 2 is 2.12 bits per heavy atom. The maximum Gasteiger partial charge on any atom is 0.269 e. The summed E-state index contributed by atoms with van der Waals surface area (Å²) in [6.07, 6.45) is 7.24.